The molecule has 0 aromatic heterocycles. The van der Waals surface area contributed by atoms with Crippen LogP contribution in [-0.2, 0) is 9.59 Å². The number of hydrogen-bond acceptors (Lipinski definition) is 5. The second-order valence-electron chi connectivity index (χ2n) is 5.81. The number of aliphatic hydroxyl groups excluding tert-OH is 1. The van der Waals surface area contributed by atoms with Gasteiger partial charge in [0.15, 0.2) is 0 Å². The van der Waals surface area contributed by atoms with Crippen molar-refractivity contribution in [3.05, 3.63) is 60.7 Å². The van der Waals surface area contributed by atoms with Gasteiger partial charge in [-0.25, -0.2) is 0 Å². The minimum Gasteiger partial charge on any atom is -0.393 e. The molecule has 5 N–H and O–H groups in total. The second-order valence-corrected chi connectivity index (χ2v) is 5.81. The van der Waals surface area contributed by atoms with E-state index in [1.807, 2.05) is 36.4 Å². The zero-order valence-electron chi connectivity index (χ0n) is 14.6. The predicted molar refractivity (Wildman–Crippen MR) is 101 cm³/mol. The maximum absolute atomic E-state index is 12.4. The lowest BCUT2D eigenvalue weighted by Gasteiger charge is -2.20. The van der Waals surface area contributed by atoms with E-state index in [0.717, 1.165) is 0 Å². The highest BCUT2D eigenvalue weighted by molar-refractivity contribution is 6.01. The number of amides is 2. The van der Waals surface area contributed by atoms with Gasteiger partial charge in [0.1, 0.15) is 5.92 Å². The van der Waals surface area contributed by atoms with Crippen LogP contribution in [-0.4, -0.2) is 23.0 Å². The molecule has 138 valence electrons. The third kappa shape index (κ3) is 6.10. The van der Waals surface area contributed by atoms with Crippen LogP contribution in [0.4, 0.5) is 11.4 Å². The van der Waals surface area contributed by atoms with E-state index in [1.165, 1.54) is 0 Å². The molecule has 7 nitrogen and oxygen atoms in total. The Hall–Kier alpha value is -3.06. The Morgan fingerprint density at radius 2 is 1.27 bits per heavy atom. The van der Waals surface area contributed by atoms with Gasteiger partial charge in [0.25, 0.3) is 11.8 Å². The maximum atomic E-state index is 12.4. The van der Waals surface area contributed by atoms with Gasteiger partial charge in [-0.15, -0.1) is 0 Å². The molecular weight excluding hydrogens is 332 g/mol. The van der Waals surface area contributed by atoms with Crippen LogP contribution in [0, 0.1) is 5.92 Å². The molecule has 0 saturated heterocycles. The maximum Gasteiger partial charge on any atom is 0.251 e. The van der Waals surface area contributed by atoms with Crippen molar-refractivity contribution in [2.45, 2.75) is 25.9 Å². The van der Waals surface area contributed by atoms with Gasteiger partial charge in [-0.05, 0) is 37.1 Å². The highest BCUT2D eigenvalue weighted by atomic mass is 16.3. The zero-order valence-corrected chi connectivity index (χ0v) is 14.6. The Bertz CT molecular complexity index is 639. The number of para-hydroxylation sites is 2. The van der Waals surface area contributed by atoms with Gasteiger partial charge in [-0.3, -0.25) is 31.3 Å². The van der Waals surface area contributed by atoms with E-state index in [4.69, 9.17) is 0 Å². The number of carbonyl (C=O) groups excluding carboxylic acids is 2. The summed E-state index contributed by atoms with van der Waals surface area (Å²) in [5, 5.41) is 9.90. The fraction of sp³-hybridized carbons (Fsp3) is 0.263. The largest absolute Gasteiger partial charge is 0.393 e. The van der Waals surface area contributed by atoms with Crippen molar-refractivity contribution in [3.8, 4) is 0 Å². The molecule has 0 spiro atoms. The smallest absolute Gasteiger partial charge is 0.251 e. The van der Waals surface area contributed by atoms with Crippen molar-refractivity contribution in [1.29, 1.82) is 0 Å². The van der Waals surface area contributed by atoms with Gasteiger partial charge in [-0.1, -0.05) is 43.3 Å². The van der Waals surface area contributed by atoms with Gasteiger partial charge in [0.05, 0.1) is 17.5 Å². The summed E-state index contributed by atoms with van der Waals surface area (Å²) in [7, 11) is 0. The van der Waals surface area contributed by atoms with Crippen molar-refractivity contribution in [2.75, 3.05) is 10.9 Å². The average molecular weight is 356 g/mol. The summed E-state index contributed by atoms with van der Waals surface area (Å²) in [4.78, 5) is 24.9. The van der Waals surface area contributed by atoms with E-state index < -0.39 is 23.8 Å². The van der Waals surface area contributed by atoms with Crippen molar-refractivity contribution >= 4 is 23.2 Å². The van der Waals surface area contributed by atoms with Crippen LogP contribution in [0.3, 0.4) is 0 Å². The van der Waals surface area contributed by atoms with Gasteiger partial charge < -0.3 is 5.11 Å². The normalized spacial score (nSPS) is 11.5. The van der Waals surface area contributed by atoms with Gasteiger partial charge in [-0.2, -0.15) is 0 Å². The van der Waals surface area contributed by atoms with Crippen LogP contribution in [0.25, 0.3) is 0 Å². The highest BCUT2D eigenvalue weighted by Gasteiger charge is 2.29. The van der Waals surface area contributed by atoms with E-state index in [1.54, 1.807) is 31.2 Å². The number of aliphatic hydroxyl groups is 1. The zero-order chi connectivity index (χ0) is 18.8. The van der Waals surface area contributed by atoms with Gasteiger partial charge >= 0.3 is 0 Å². The molecule has 2 amide bonds. The number of hydrogen-bond donors (Lipinski definition) is 5. The number of rotatable bonds is 9. The van der Waals surface area contributed by atoms with Crippen LogP contribution >= 0.6 is 0 Å². The van der Waals surface area contributed by atoms with Crippen LogP contribution < -0.4 is 21.7 Å². The molecule has 1 atom stereocenters. The number of benzene rings is 2. The van der Waals surface area contributed by atoms with Crippen molar-refractivity contribution in [2.24, 2.45) is 5.92 Å². The lowest BCUT2D eigenvalue weighted by Crippen LogP contribution is -2.46. The number of anilines is 2. The lowest BCUT2D eigenvalue weighted by atomic mass is 9.98. The van der Waals surface area contributed by atoms with Crippen molar-refractivity contribution in [3.63, 3.8) is 0 Å². The summed E-state index contributed by atoms with van der Waals surface area (Å²) in [5.41, 5.74) is 12.0. The quantitative estimate of drug-likeness (QED) is 0.350. The predicted octanol–water partition coefficient (Wildman–Crippen LogP) is 2.05. The lowest BCUT2D eigenvalue weighted by molar-refractivity contribution is -0.136. The molecule has 2 aromatic carbocycles. The first-order valence-electron chi connectivity index (χ1n) is 8.50. The fourth-order valence-corrected chi connectivity index (χ4v) is 2.26. The van der Waals surface area contributed by atoms with Crippen LogP contribution in [0.15, 0.2) is 60.7 Å². The SMILES string of the molecule is CC[C@H](O)CC(C(=O)NNc1ccccc1)C(=O)NNc1ccccc1. The molecule has 2 aromatic rings. The highest BCUT2D eigenvalue weighted by Crippen LogP contribution is 2.12. The van der Waals surface area contributed by atoms with E-state index in [0.29, 0.717) is 17.8 Å². The van der Waals surface area contributed by atoms with Crippen molar-refractivity contribution in [1.82, 2.24) is 10.9 Å². The molecule has 0 fully saturated rings. The Kier molecular flexibility index (Phi) is 7.45. The first-order chi connectivity index (χ1) is 12.6. The standard InChI is InChI=1S/C19H24N4O3/c1-2-16(24)13-17(18(25)22-20-14-9-5-3-6-10-14)19(26)23-21-15-11-7-4-8-12-15/h3-12,16-17,20-21,24H,2,13H2,1H3,(H,22,25)(H,23,26)/t16-/m0/s1. The first kappa shape index (κ1) is 19.3. The molecule has 0 unspecified atom stereocenters. The fourth-order valence-electron chi connectivity index (χ4n) is 2.26. The summed E-state index contributed by atoms with van der Waals surface area (Å²) in [6.45, 7) is 1.79. The monoisotopic (exact) mass is 356 g/mol. The molecule has 0 aliphatic heterocycles. The topological polar surface area (TPSA) is 102 Å². The Labute approximate surface area is 152 Å². The van der Waals surface area contributed by atoms with Gasteiger partial charge in [0.2, 0.25) is 0 Å². The molecule has 0 radical (unpaired) electrons. The molecule has 7 heteroatoms. The molecule has 2 rings (SSSR count). The molecule has 0 bridgehead atoms. The van der Waals surface area contributed by atoms with Crippen molar-refractivity contribution < 1.29 is 14.7 Å². The number of nitrogens with one attached hydrogen (secondary N) is 4. The van der Waals surface area contributed by atoms with Crippen LogP contribution in [0.2, 0.25) is 0 Å². The van der Waals surface area contributed by atoms with Gasteiger partial charge in [0, 0.05) is 0 Å². The molecule has 0 heterocycles. The van der Waals surface area contributed by atoms with E-state index in [9.17, 15) is 14.7 Å². The minimum atomic E-state index is -1.04. The Balaban J connectivity index is 1.96. The van der Waals surface area contributed by atoms with E-state index >= 15 is 0 Å². The van der Waals surface area contributed by atoms with Crippen LogP contribution in [0.1, 0.15) is 19.8 Å². The van der Waals surface area contributed by atoms with E-state index in [2.05, 4.69) is 21.7 Å². The summed E-state index contributed by atoms with van der Waals surface area (Å²) in [6, 6.07) is 18.1. The molecule has 26 heavy (non-hydrogen) atoms. The first-order valence-corrected chi connectivity index (χ1v) is 8.50. The molecule has 0 aliphatic carbocycles. The summed E-state index contributed by atoms with van der Waals surface area (Å²) >= 11 is 0. The minimum absolute atomic E-state index is 0.0289. The molecular formula is C19H24N4O3. The second kappa shape index (κ2) is 10.0. The average Bonchev–Trinajstić information content (AvgIpc) is 2.69. The third-order valence-corrected chi connectivity index (χ3v) is 3.82. The Morgan fingerprint density at radius 3 is 1.65 bits per heavy atom. The number of carbonyl (C=O) groups is 2. The van der Waals surface area contributed by atoms with E-state index in [-0.39, 0.29) is 6.42 Å². The molecule has 0 saturated carbocycles. The summed E-state index contributed by atoms with van der Waals surface area (Å²) < 4.78 is 0. The summed E-state index contributed by atoms with van der Waals surface area (Å²) in [6.07, 6.45) is -0.263. The summed E-state index contributed by atoms with van der Waals surface area (Å²) in [5.74, 6) is -2.08. The Morgan fingerprint density at radius 1 is 0.846 bits per heavy atom. The van der Waals surface area contributed by atoms with Crippen LogP contribution in [0.5, 0.6) is 0 Å². The third-order valence-electron chi connectivity index (χ3n) is 3.82. The molecule has 0 aliphatic rings. The number of hydrazine groups is 2.